The highest BCUT2D eigenvalue weighted by atomic mass is 16.5. The van der Waals surface area contributed by atoms with E-state index in [2.05, 4.69) is 6.92 Å². The third-order valence-corrected chi connectivity index (χ3v) is 3.57. The molecule has 0 aromatic carbocycles. The number of hydrogen-bond donors (Lipinski definition) is 1. The Kier molecular flexibility index (Phi) is 6.12. The van der Waals surface area contributed by atoms with E-state index in [9.17, 15) is 9.59 Å². The zero-order chi connectivity index (χ0) is 13.5. The maximum atomic E-state index is 12.3. The van der Waals surface area contributed by atoms with Crippen molar-refractivity contribution >= 4 is 11.9 Å². The molecule has 0 unspecified atom stereocenters. The number of carboxylic acids is 1. The van der Waals surface area contributed by atoms with Gasteiger partial charge in [0.2, 0.25) is 5.91 Å². The summed E-state index contributed by atoms with van der Waals surface area (Å²) in [6, 6.07) is 0. The minimum atomic E-state index is -0.969. The topological polar surface area (TPSA) is 66.8 Å². The van der Waals surface area contributed by atoms with Crippen LogP contribution in [0.5, 0.6) is 0 Å². The van der Waals surface area contributed by atoms with E-state index in [0.29, 0.717) is 19.1 Å². The lowest BCUT2D eigenvalue weighted by Crippen LogP contribution is -2.42. The maximum absolute atomic E-state index is 12.3. The number of amides is 1. The Morgan fingerprint density at radius 2 is 1.89 bits per heavy atom. The minimum absolute atomic E-state index is 0.00240. The molecule has 1 rings (SSSR count). The molecule has 0 saturated heterocycles. The zero-order valence-electron chi connectivity index (χ0n) is 11.2. The molecule has 18 heavy (non-hydrogen) atoms. The number of methoxy groups -OCH3 is 1. The molecule has 5 nitrogen and oxygen atoms in total. The Morgan fingerprint density at radius 1 is 1.28 bits per heavy atom. The van der Waals surface area contributed by atoms with Crippen molar-refractivity contribution in [2.75, 3.05) is 26.8 Å². The van der Waals surface area contributed by atoms with E-state index < -0.39 is 5.97 Å². The average molecular weight is 257 g/mol. The van der Waals surface area contributed by atoms with Crippen LogP contribution in [0.25, 0.3) is 0 Å². The van der Waals surface area contributed by atoms with Crippen molar-refractivity contribution in [3.8, 4) is 0 Å². The lowest BCUT2D eigenvalue weighted by molar-refractivity contribution is -0.147. The van der Waals surface area contributed by atoms with Gasteiger partial charge >= 0.3 is 5.97 Å². The number of nitrogens with zero attached hydrogens (tertiary/aromatic N) is 1. The molecule has 0 spiro atoms. The van der Waals surface area contributed by atoms with E-state index in [1.807, 2.05) is 0 Å². The summed E-state index contributed by atoms with van der Waals surface area (Å²) in [6.07, 6.45) is 3.87. The number of hydrogen-bond acceptors (Lipinski definition) is 3. The highest BCUT2D eigenvalue weighted by Gasteiger charge is 2.28. The molecule has 1 fully saturated rings. The van der Waals surface area contributed by atoms with Crippen LogP contribution in [0.3, 0.4) is 0 Å². The quantitative estimate of drug-likeness (QED) is 0.780. The predicted octanol–water partition coefficient (Wildman–Crippen LogP) is 1.37. The Labute approximate surface area is 108 Å². The summed E-state index contributed by atoms with van der Waals surface area (Å²) in [6.45, 7) is 2.70. The highest BCUT2D eigenvalue weighted by Crippen LogP contribution is 2.29. The molecule has 0 aromatic heterocycles. The maximum Gasteiger partial charge on any atom is 0.323 e. The van der Waals surface area contributed by atoms with Gasteiger partial charge in [0, 0.05) is 19.6 Å². The van der Waals surface area contributed by atoms with E-state index in [1.54, 1.807) is 7.11 Å². The van der Waals surface area contributed by atoms with Gasteiger partial charge in [-0.1, -0.05) is 6.92 Å². The van der Waals surface area contributed by atoms with Gasteiger partial charge in [-0.15, -0.1) is 0 Å². The third-order valence-electron chi connectivity index (χ3n) is 3.57. The zero-order valence-corrected chi connectivity index (χ0v) is 11.2. The van der Waals surface area contributed by atoms with E-state index >= 15 is 0 Å². The van der Waals surface area contributed by atoms with Gasteiger partial charge in [0.15, 0.2) is 0 Å². The van der Waals surface area contributed by atoms with Gasteiger partial charge in [0.25, 0.3) is 0 Å². The summed E-state index contributed by atoms with van der Waals surface area (Å²) in [7, 11) is 1.55. The van der Waals surface area contributed by atoms with Crippen LogP contribution in [0.4, 0.5) is 0 Å². The van der Waals surface area contributed by atoms with Gasteiger partial charge in [-0.3, -0.25) is 9.59 Å². The van der Waals surface area contributed by atoms with Gasteiger partial charge < -0.3 is 14.7 Å². The molecule has 1 N–H and O–H groups in total. The molecule has 1 aliphatic rings. The second-order valence-electron chi connectivity index (χ2n) is 5.10. The lowest BCUT2D eigenvalue weighted by atomic mass is 9.82. The number of ether oxygens (including phenoxy) is 1. The van der Waals surface area contributed by atoms with Gasteiger partial charge in [-0.25, -0.2) is 0 Å². The normalized spacial score (nSPS) is 23.7. The van der Waals surface area contributed by atoms with Crippen LogP contribution in [0.2, 0.25) is 0 Å². The van der Waals surface area contributed by atoms with Crippen molar-refractivity contribution in [2.45, 2.75) is 32.6 Å². The van der Waals surface area contributed by atoms with Gasteiger partial charge in [0.1, 0.15) is 6.54 Å². The SMILES string of the molecule is COCCN(CC(=O)O)C(=O)C1CCC(C)CC1. The van der Waals surface area contributed by atoms with E-state index in [-0.39, 0.29) is 18.4 Å². The summed E-state index contributed by atoms with van der Waals surface area (Å²) in [5, 5.41) is 8.84. The fourth-order valence-corrected chi connectivity index (χ4v) is 2.40. The standard InChI is InChI=1S/C13H23NO4/c1-10-3-5-11(6-4-10)13(17)14(7-8-18-2)9-12(15)16/h10-11H,3-9H2,1-2H3,(H,15,16). The molecule has 0 heterocycles. The highest BCUT2D eigenvalue weighted by molar-refractivity contribution is 5.83. The van der Waals surface area contributed by atoms with Crippen molar-refractivity contribution < 1.29 is 19.4 Å². The summed E-state index contributed by atoms with van der Waals surface area (Å²) in [5.74, 6) is -0.316. The van der Waals surface area contributed by atoms with Crippen LogP contribution in [0, 0.1) is 11.8 Å². The molecule has 1 saturated carbocycles. The van der Waals surface area contributed by atoms with Crippen LogP contribution in [0.1, 0.15) is 32.6 Å². The van der Waals surface area contributed by atoms with Gasteiger partial charge in [-0.2, -0.15) is 0 Å². The smallest absolute Gasteiger partial charge is 0.323 e. The molecule has 0 radical (unpaired) electrons. The predicted molar refractivity (Wildman–Crippen MR) is 67.2 cm³/mol. The third kappa shape index (κ3) is 4.64. The first kappa shape index (κ1) is 15.0. The Bertz CT molecular complexity index is 285. The molecule has 0 aliphatic heterocycles. The summed E-state index contributed by atoms with van der Waals surface area (Å²) in [4.78, 5) is 24.4. The molecule has 0 atom stereocenters. The summed E-state index contributed by atoms with van der Waals surface area (Å²) in [5.41, 5.74) is 0. The van der Waals surface area contributed by atoms with E-state index in [4.69, 9.17) is 9.84 Å². The first-order valence-corrected chi connectivity index (χ1v) is 6.54. The Morgan fingerprint density at radius 3 is 2.39 bits per heavy atom. The summed E-state index contributed by atoms with van der Waals surface area (Å²) >= 11 is 0. The number of carbonyl (C=O) groups is 2. The molecule has 1 aliphatic carbocycles. The fourth-order valence-electron chi connectivity index (χ4n) is 2.40. The monoisotopic (exact) mass is 257 g/mol. The molecular weight excluding hydrogens is 234 g/mol. The lowest BCUT2D eigenvalue weighted by Gasteiger charge is -2.30. The van der Waals surface area contributed by atoms with Crippen molar-refractivity contribution in [1.82, 2.24) is 4.90 Å². The average Bonchev–Trinajstić information content (AvgIpc) is 2.34. The van der Waals surface area contributed by atoms with E-state index in [0.717, 1.165) is 25.7 Å². The first-order chi connectivity index (χ1) is 8.54. The van der Waals surface area contributed by atoms with Crippen molar-refractivity contribution in [1.29, 1.82) is 0 Å². The number of carbonyl (C=O) groups excluding carboxylic acids is 1. The van der Waals surface area contributed by atoms with Crippen molar-refractivity contribution in [3.63, 3.8) is 0 Å². The van der Waals surface area contributed by atoms with Crippen LogP contribution < -0.4 is 0 Å². The number of rotatable bonds is 6. The molecular formula is C13H23NO4. The van der Waals surface area contributed by atoms with Crippen molar-refractivity contribution in [2.24, 2.45) is 11.8 Å². The molecule has 5 heteroatoms. The Balaban J connectivity index is 2.54. The second kappa shape index (κ2) is 7.36. The molecule has 1 amide bonds. The molecule has 0 aromatic rings. The summed E-state index contributed by atoms with van der Waals surface area (Å²) < 4.78 is 4.92. The minimum Gasteiger partial charge on any atom is -0.480 e. The molecule has 0 bridgehead atoms. The van der Waals surface area contributed by atoms with Crippen molar-refractivity contribution in [3.05, 3.63) is 0 Å². The number of aliphatic carboxylic acids is 1. The van der Waals surface area contributed by atoms with E-state index in [1.165, 1.54) is 4.90 Å². The van der Waals surface area contributed by atoms with Crippen LogP contribution in [0.15, 0.2) is 0 Å². The number of carboxylic acid groups (broad SMARTS) is 1. The fraction of sp³-hybridized carbons (Fsp3) is 0.846. The second-order valence-corrected chi connectivity index (χ2v) is 5.10. The van der Waals surface area contributed by atoms with Gasteiger partial charge in [-0.05, 0) is 31.6 Å². The van der Waals surface area contributed by atoms with Crippen LogP contribution in [-0.2, 0) is 14.3 Å². The van der Waals surface area contributed by atoms with Gasteiger partial charge in [0.05, 0.1) is 6.61 Å². The van der Waals surface area contributed by atoms with Crippen LogP contribution >= 0.6 is 0 Å². The molecule has 104 valence electrons. The van der Waals surface area contributed by atoms with Crippen LogP contribution in [-0.4, -0.2) is 48.7 Å². The Hall–Kier alpha value is -1.10. The largest absolute Gasteiger partial charge is 0.480 e. The first-order valence-electron chi connectivity index (χ1n) is 6.54.